The number of nitrogens with one attached hydrogen (secondary N) is 1. The maximum Gasteiger partial charge on any atom is 0.160 e. The van der Waals surface area contributed by atoms with E-state index in [-0.39, 0.29) is 0 Å². The largest absolute Gasteiger partial charge is 0.370 e. The van der Waals surface area contributed by atoms with E-state index in [2.05, 4.69) is 36.1 Å². The maximum absolute atomic E-state index is 5.35. The lowest BCUT2D eigenvalue weighted by atomic mass is 10.1. The standard InChI is InChI=1S/C12H18N2O/c13-12(11-4-2-1-3-5-11)10-14-6-8-15-9-7-14/h1-5,12H,6-10,13H2/p+2/t12-/m0/s1. The SMILES string of the molecule is [NH3+][C@@H](C[NH+]1CCOCC1)c1ccccc1. The zero-order valence-electron chi connectivity index (χ0n) is 9.11. The number of quaternary nitrogens is 2. The number of ether oxygens (including phenoxy) is 1. The van der Waals surface area contributed by atoms with E-state index in [4.69, 9.17) is 4.74 Å². The Morgan fingerprint density at radius 2 is 1.87 bits per heavy atom. The van der Waals surface area contributed by atoms with Gasteiger partial charge in [-0.1, -0.05) is 30.3 Å². The Morgan fingerprint density at radius 3 is 2.53 bits per heavy atom. The second-order valence-electron chi connectivity index (χ2n) is 4.17. The van der Waals surface area contributed by atoms with Gasteiger partial charge in [0.1, 0.15) is 19.6 Å². The molecule has 0 amide bonds. The Balaban J connectivity index is 1.88. The summed E-state index contributed by atoms with van der Waals surface area (Å²) in [6.45, 7) is 5.17. The molecule has 0 unspecified atom stereocenters. The van der Waals surface area contributed by atoms with E-state index in [1.807, 2.05) is 0 Å². The van der Waals surface area contributed by atoms with Gasteiger partial charge in [0, 0.05) is 5.56 Å². The van der Waals surface area contributed by atoms with Crippen molar-refractivity contribution in [2.45, 2.75) is 6.04 Å². The molecule has 1 aromatic rings. The normalized spacial score (nSPS) is 20.1. The van der Waals surface area contributed by atoms with E-state index in [9.17, 15) is 0 Å². The quantitative estimate of drug-likeness (QED) is 0.649. The van der Waals surface area contributed by atoms with Crippen molar-refractivity contribution >= 4 is 0 Å². The highest BCUT2D eigenvalue weighted by Crippen LogP contribution is 2.04. The van der Waals surface area contributed by atoms with Crippen LogP contribution in [0.2, 0.25) is 0 Å². The molecule has 1 aliphatic heterocycles. The first kappa shape index (κ1) is 10.6. The van der Waals surface area contributed by atoms with Gasteiger partial charge in [0.2, 0.25) is 0 Å². The van der Waals surface area contributed by atoms with Crippen LogP contribution in [-0.4, -0.2) is 32.8 Å². The fourth-order valence-corrected chi connectivity index (χ4v) is 2.06. The number of benzene rings is 1. The number of hydrogen-bond acceptors (Lipinski definition) is 1. The minimum absolute atomic E-state index is 0.402. The highest BCUT2D eigenvalue weighted by Gasteiger charge is 2.20. The molecule has 0 radical (unpaired) electrons. The molecule has 0 spiro atoms. The van der Waals surface area contributed by atoms with Crippen molar-refractivity contribution in [2.75, 3.05) is 32.8 Å². The molecular formula is C12H20N2O+2. The highest BCUT2D eigenvalue weighted by molar-refractivity contribution is 5.16. The fourth-order valence-electron chi connectivity index (χ4n) is 2.06. The van der Waals surface area contributed by atoms with Crippen molar-refractivity contribution < 1.29 is 15.4 Å². The van der Waals surface area contributed by atoms with Crippen molar-refractivity contribution in [1.82, 2.24) is 0 Å². The van der Waals surface area contributed by atoms with Crippen LogP contribution >= 0.6 is 0 Å². The first-order valence-corrected chi connectivity index (χ1v) is 5.65. The Labute approximate surface area is 90.8 Å². The van der Waals surface area contributed by atoms with Gasteiger partial charge < -0.3 is 15.4 Å². The Hall–Kier alpha value is -0.900. The fraction of sp³-hybridized carbons (Fsp3) is 0.500. The average Bonchev–Trinajstić information content (AvgIpc) is 2.31. The van der Waals surface area contributed by atoms with E-state index in [1.165, 1.54) is 5.56 Å². The van der Waals surface area contributed by atoms with E-state index in [0.717, 1.165) is 32.8 Å². The molecule has 4 N–H and O–H groups in total. The number of hydrogen-bond donors (Lipinski definition) is 2. The van der Waals surface area contributed by atoms with Gasteiger partial charge in [0.05, 0.1) is 13.2 Å². The van der Waals surface area contributed by atoms with Gasteiger partial charge in [0.25, 0.3) is 0 Å². The van der Waals surface area contributed by atoms with Crippen LogP contribution in [0.15, 0.2) is 30.3 Å². The third kappa shape index (κ3) is 3.02. The van der Waals surface area contributed by atoms with Crippen molar-refractivity contribution in [3.8, 4) is 0 Å². The third-order valence-corrected chi connectivity index (χ3v) is 3.01. The van der Waals surface area contributed by atoms with Crippen LogP contribution in [0.1, 0.15) is 11.6 Å². The maximum atomic E-state index is 5.35. The van der Waals surface area contributed by atoms with Crippen molar-refractivity contribution in [1.29, 1.82) is 0 Å². The van der Waals surface area contributed by atoms with Crippen molar-refractivity contribution in [3.63, 3.8) is 0 Å². The molecule has 1 fully saturated rings. The summed E-state index contributed by atoms with van der Waals surface area (Å²) in [5.74, 6) is 0. The molecule has 2 rings (SSSR count). The molecule has 0 aromatic heterocycles. The first-order chi connectivity index (χ1) is 7.36. The summed E-state index contributed by atoms with van der Waals surface area (Å²) in [5.41, 5.74) is 5.58. The van der Waals surface area contributed by atoms with E-state index >= 15 is 0 Å². The van der Waals surface area contributed by atoms with Crippen LogP contribution in [0.4, 0.5) is 0 Å². The van der Waals surface area contributed by atoms with Gasteiger partial charge in [-0.05, 0) is 0 Å². The van der Waals surface area contributed by atoms with Gasteiger partial charge in [-0.25, -0.2) is 0 Å². The molecule has 1 atom stereocenters. The molecule has 1 aromatic carbocycles. The van der Waals surface area contributed by atoms with Gasteiger partial charge >= 0.3 is 0 Å². The molecule has 0 saturated carbocycles. The van der Waals surface area contributed by atoms with Crippen molar-refractivity contribution in [3.05, 3.63) is 35.9 Å². The lowest BCUT2D eigenvalue weighted by Crippen LogP contribution is -3.15. The molecule has 15 heavy (non-hydrogen) atoms. The monoisotopic (exact) mass is 208 g/mol. The summed E-state index contributed by atoms with van der Waals surface area (Å²) in [6, 6.07) is 11.0. The zero-order chi connectivity index (χ0) is 10.5. The van der Waals surface area contributed by atoms with Crippen LogP contribution in [-0.2, 0) is 4.74 Å². The van der Waals surface area contributed by atoms with Crippen LogP contribution in [0, 0.1) is 0 Å². The average molecular weight is 208 g/mol. The summed E-state index contributed by atoms with van der Waals surface area (Å²) in [7, 11) is 0. The molecule has 1 aliphatic rings. The second kappa shape index (κ2) is 5.26. The molecule has 0 bridgehead atoms. The minimum atomic E-state index is 0.402. The summed E-state index contributed by atoms with van der Waals surface area (Å²) < 4.78 is 5.35. The highest BCUT2D eigenvalue weighted by atomic mass is 16.5. The van der Waals surface area contributed by atoms with E-state index in [0.29, 0.717) is 6.04 Å². The molecule has 0 aliphatic carbocycles. The van der Waals surface area contributed by atoms with Crippen LogP contribution < -0.4 is 10.6 Å². The summed E-state index contributed by atoms with van der Waals surface area (Å²) in [5, 5.41) is 0. The van der Waals surface area contributed by atoms with Gasteiger partial charge in [-0.2, -0.15) is 0 Å². The number of morpholine rings is 1. The zero-order valence-corrected chi connectivity index (χ0v) is 9.11. The summed E-state index contributed by atoms with van der Waals surface area (Å²) >= 11 is 0. The van der Waals surface area contributed by atoms with E-state index in [1.54, 1.807) is 4.90 Å². The Morgan fingerprint density at radius 1 is 1.20 bits per heavy atom. The predicted octanol–water partition coefficient (Wildman–Crippen LogP) is -1.12. The van der Waals surface area contributed by atoms with E-state index < -0.39 is 0 Å². The van der Waals surface area contributed by atoms with Gasteiger partial charge in [-0.15, -0.1) is 0 Å². The summed E-state index contributed by atoms with van der Waals surface area (Å²) in [4.78, 5) is 1.62. The van der Waals surface area contributed by atoms with Crippen LogP contribution in [0.25, 0.3) is 0 Å². The molecule has 1 heterocycles. The lowest BCUT2D eigenvalue weighted by molar-refractivity contribution is -0.918. The molecule has 82 valence electrons. The predicted molar refractivity (Wildman–Crippen MR) is 58.5 cm³/mol. The minimum Gasteiger partial charge on any atom is -0.370 e. The molecule has 3 heteroatoms. The van der Waals surface area contributed by atoms with Gasteiger partial charge in [0.15, 0.2) is 6.04 Å². The molecular weight excluding hydrogens is 188 g/mol. The van der Waals surface area contributed by atoms with Crippen molar-refractivity contribution in [2.24, 2.45) is 0 Å². The van der Waals surface area contributed by atoms with Crippen LogP contribution in [0.3, 0.4) is 0 Å². The molecule has 1 saturated heterocycles. The number of rotatable bonds is 3. The summed E-state index contributed by atoms with van der Waals surface area (Å²) in [6.07, 6.45) is 0. The van der Waals surface area contributed by atoms with Gasteiger partial charge in [-0.3, -0.25) is 0 Å². The second-order valence-corrected chi connectivity index (χ2v) is 4.17. The lowest BCUT2D eigenvalue weighted by Gasteiger charge is -2.25. The first-order valence-electron chi connectivity index (χ1n) is 5.65. The smallest absolute Gasteiger partial charge is 0.160 e. The van der Waals surface area contributed by atoms with Crippen LogP contribution in [0.5, 0.6) is 0 Å². The molecule has 3 nitrogen and oxygen atoms in total. The Bertz CT molecular complexity index is 283. The topological polar surface area (TPSA) is 41.3 Å². The Kier molecular flexibility index (Phi) is 3.72. The third-order valence-electron chi connectivity index (χ3n) is 3.01.